The van der Waals surface area contributed by atoms with Gasteiger partial charge in [0.2, 0.25) is 0 Å². The number of thiazole rings is 1. The average Bonchev–Trinajstić information content (AvgIpc) is 2.73. The number of aryl methyl sites for hydroxylation is 1. The lowest BCUT2D eigenvalue weighted by Crippen LogP contribution is -2.39. The number of carbonyl (C=O) groups excluding carboxylic acids is 1. The van der Waals surface area contributed by atoms with E-state index in [-0.39, 0.29) is 6.09 Å². The number of hydrogen-bond acceptors (Lipinski definition) is 4. The van der Waals surface area contributed by atoms with Gasteiger partial charge in [-0.1, -0.05) is 6.08 Å². The smallest absolute Gasteiger partial charge is 0.410 e. The fraction of sp³-hybridized carbons (Fsp3) is 0.571. The van der Waals surface area contributed by atoms with Crippen LogP contribution in [0.4, 0.5) is 4.79 Å². The lowest BCUT2D eigenvalue weighted by Gasteiger charge is -2.29. The first kappa shape index (κ1) is 14.1. The van der Waals surface area contributed by atoms with Gasteiger partial charge in [0.1, 0.15) is 5.60 Å². The highest BCUT2D eigenvalue weighted by atomic mass is 32.1. The van der Waals surface area contributed by atoms with E-state index in [1.54, 1.807) is 16.2 Å². The van der Waals surface area contributed by atoms with Crippen LogP contribution in [0.5, 0.6) is 0 Å². The molecule has 0 fully saturated rings. The van der Waals surface area contributed by atoms with Crippen LogP contribution in [-0.2, 0) is 4.74 Å². The Hall–Kier alpha value is -1.36. The van der Waals surface area contributed by atoms with Gasteiger partial charge in [0.05, 0.1) is 16.1 Å². The molecule has 4 nitrogen and oxygen atoms in total. The van der Waals surface area contributed by atoms with Crippen LogP contribution in [0.3, 0.4) is 0 Å². The summed E-state index contributed by atoms with van der Waals surface area (Å²) in [5, 5.41) is 0. The third-order valence-corrected chi connectivity index (χ3v) is 3.90. The van der Waals surface area contributed by atoms with Gasteiger partial charge in [-0.2, -0.15) is 0 Å². The molecule has 0 unspecified atom stereocenters. The van der Waals surface area contributed by atoms with Crippen LogP contribution in [0, 0.1) is 6.92 Å². The highest BCUT2D eigenvalue weighted by molar-refractivity contribution is 7.10. The van der Waals surface area contributed by atoms with E-state index in [9.17, 15) is 4.79 Å². The minimum absolute atomic E-state index is 0.233. The number of nitrogens with zero attached hydrogens (tertiary/aromatic N) is 2. The van der Waals surface area contributed by atoms with Crippen molar-refractivity contribution in [2.75, 3.05) is 13.1 Å². The maximum atomic E-state index is 11.9. The molecule has 1 aromatic heterocycles. The molecule has 0 aromatic carbocycles. The highest BCUT2D eigenvalue weighted by Crippen LogP contribution is 2.28. The summed E-state index contributed by atoms with van der Waals surface area (Å²) in [4.78, 5) is 19.2. The molecule has 1 amide bonds. The zero-order valence-electron chi connectivity index (χ0n) is 11.9. The molecule has 2 heterocycles. The standard InChI is InChI=1S/C14H20N2O2S/c1-10-12(19-9-15-10)11-5-7-16(8-6-11)13(17)18-14(2,3)4/h5,9H,6-8H2,1-4H3. The van der Waals surface area contributed by atoms with Crippen molar-refractivity contribution in [3.63, 3.8) is 0 Å². The topological polar surface area (TPSA) is 42.4 Å². The Morgan fingerprint density at radius 1 is 1.47 bits per heavy atom. The van der Waals surface area contributed by atoms with E-state index in [2.05, 4.69) is 11.1 Å². The Bertz CT molecular complexity index is 500. The van der Waals surface area contributed by atoms with E-state index in [1.165, 1.54) is 10.5 Å². The van der Waals surface area contributed by atoms with Crippen molar-refractivity contribution in [2.45, 2.75) is 39.7 Å². The van der Waals surface area contributed by atoms with E-state index in [0.29, 0.717) is 13.1 Å². The molecule has 0 N–H and O–H groups in total. The number of rotatable bonds is 1. The third-order valence-electron chi connectivity index (χ3n) is 2.90. The number of amides is 1. The minimum Gasteiger partial charge on any atom is -0.444 e. The molecule has 0 bridgehead atoms. The summed E-state index contributed by atoms with van der Waals surface area (Å²) in [5.41, 5.74) is 3.79. The van der Waals surface area contributed by atoms with E-state index in [4.69, 9.17) is 4.74 Å². The van der Waals surface area contributed by atoms with E-state index in [1.807, 2.05) is 33.2 Å². The molecule has 0 aliphatic carbocycles. The van der Waals surface area contributed by atoms with Crippen LogP contribution < -0.4 is 0 Å². The van der Waals surface area contributed by atoms with Crippen LogP contribution in [0.25, 0.3) is 5.57 Å². The lowest BCUT2D eigenvalue weighted by molar-refractivity contribution is 0.0270. The van der Waals surface area contributed by atoms with Crippen molar-refractivity contribution >= 4 is 23.0 Å². The molecule has 104 valence electrons. The first-order chi connectivity index (χ1) is 8.87. The van der Waals surface area contributed by atoms with E-state index < -0.39 is 5.60 Å². The number of ether oxygens (including phenoxy) is 1. The molecule has 1 aromatic rings. The van der Waals surface area contributed by atoms with Gasteiger partial charge >= 0.3 is 6.09 Å². The molecular weight excluding hydrogens is 260 g/mol. The number of hydrogen-bond donors (Lipinski definition) is 0. The fourth-order valence-corrected chi connectivity index (χ4v) is 2.85. The largest absolute Gasteiger partial charge is 0.444 e. The Labute approximate surface area is 118 Å². The third kappa shape index (κ3) is 3.56. The minimum atomic E-state index is -0.435. The van der Waals surface area contributed by atoms with Crippen LogP contribution in [-0.4, -0.2) is 34.7 Å². The zero-order valence-corrected chi connectivity index (χ0v) is 12.7. The Balaban J connectivity index is 2.00. The van der Waals surface area contributed by atoms with Crippen LogP contribution in [0.2, 0.25) is 0 Å². The zero-order chi connectivity index (χ0) is 14.0. The summed E-state index contributed by atoms with van der Waals surface area (Å²) in [7, 11) is 0. The van der Waals surface area contributed by atoms with Crippen molar-refractivity contribution in [3.8, 4) is 0 Å². The molecule has 19 heavy (non-hydrogen) atoms. The fourth-order valence-electron chi connectivity index (χ4n) is 1.98. The number of carbonyl (C=O) groups is 1. The first-order valence-electron chi connectivity index (χ1n) is 6.44. The Kier molecular flexibility index (Phi) is 3.94. The summed E-state index contributed by atoms with van der Waals surface area (Å²) in [6.45, 7) is 9.00. The van der Waals surface area contributed by atoms with Crippen LogP contribution in [0.1, 0.15) is 37.8 Å². The molecule has 0 saturated carbocycles. The first-order valence-corrected chi connectivity index (χ1v) is 7.32. The molecule has 2 rings (SSSR count). The molecule has 1 aliphatic rings. The Morgan fingerprint density at radius 3 is 2.68 bits per heavy atom. The quantitative estimate of drug-likeness (QED) is 0.791. The van der Waals surface area contributed by atoms with Crippen molar-refractivity contribution in [1.82, 2.24) is 9.88 Å². The van der Waals surface area contributed by atoms with Gasteiger partial charge in [-0.3, -0.25) is 0 Å². The van der Waals surface area contributed by atoms with Crippen molar-refractivity contribution in [1.29, 1.82) is 0 Å². The Morgan fingerprint density at radius 2 is 2.21 bits per heavy atom. The SMILES string of the molecule is Cc1ncsc1C1=CCN(C(=O)OC(C)(C)C)CC1. The van der Waals surface area contributed by atoms with Crippen molar-refractivity contribution in [2.24, 2.45) is 0 Å². The maximum Gasteiger partial charge on any atom is 0.410 e. The average molecular weight is 280 g/mol. The van der Waals surface area contributed by atoms with Crippen LogP contribution >= 0.6 is 11.3 Å². The summed E-state index contributed by atoms with van der Waals surface area (Å²) in [6.07, 6.45) is 2.74. The molecule has 5 heteroatoms. The van der Waals surface area contributed by atoms with Gasteiger partial charge in [0.25, 0.3) is 0 Å². The van der Waals surface area contributed by atoms with Gasteiger partial charge in [0, 0.05) is 13.1 Å². The van der Waals surface area contributed by atoms with E-state index >= 15 is 0 Å². The predicted octanol–water partition coefficient (Wildman–Crippen LogP) is 3.48. The molecule has 0 atom stereocenters. The number of aromatic nitrogens is 1. The summed E-state index contributed by atoms with van der Waals surface area (Å²) < 4.78 is 5.37. The van der Waals surface area contributed by atoms with Crippen molar-refractivity contribution < 1.29 is 9.53 Å². The van der Waals surface area contributed by atoms with Gasteiger partial charge in [-0.05, 0) is 39.7 Å². The molecule has 0 saturated heterocycles. The lowest BCUT2D eigenvalue weighted by atomic mass is 10.1. The highest BCUT2D eigenvalue weighted by Gasteiger charge is 2.24. The van der Waals surface area contributed by atoms with Crippen LogP contribution in [0.15, 0.2) is 11.6 Å². The monoisotopic (exact) mass is 280 g/mol. The van der Waals surface area contributed by atoms with Gasteiger partial charge in [-0.15, -0.1) is 11.3 Å². The summed E-state index contributed by atoms with van der Waals surface area (Å²) in [6, 6.07) is 0. The van der Waals surface area contributed by atoms with E-state index in [0.717, 1.165) is 12.1 Å². The normalized spacial score (nSPS) is 16.2. The molecule has 0 spiro atoms. The molecule has 0 radical (unpaired) electrons. The maximum absolute atomic E-state index is 11.9. The summed E-state index contributed by atoms with van der Waals surface area (Å²) >= 11 is 1.66. The predicted molar refractivity (Wildman–Crippen MR) is 77.3 cm³/mol. The summed E-state index contributed by atoms with van der Waals surface area (Å²) in [5.74, 6) is 0. The second-order valence-corrected chi connectivity index (χ2v) is 6.53. The second-order valence-electron chi connectivity index (χ2n) is 5.67. The van der Waals surface area contributed by atoms with Crippen molar-refractivity contribution in [3.05, 3.63) is 22.2 Å². The van der Waals surface area contributed by atoms with Gasteiger partial charge in [-0.25, -0.2) is 9.78 Å². The molecular formula is C14H20N2O2S. The van der Waals surface area contributed by atoms with Gasteiger partial charge < -0.3 is 9.64 Å². The second kappa shape index (κ2) is 5.33. The molecule has 1 aliphatic heterocycles. The van der Waals surface area contributed by atoms with Gasteiger partial charge in [0.15, 0.2) is 0 Å².